The molecule has 0 radical (unpaired) electrons. The summed E-state index contributed by atoms with van der Waals surface area (Å²) in [6.07, 6.45) is 5.26. The molecule has 2 aromatic heterocycles. The highest BCUT2D eigenvalue weighted by Gasteiger charge is 2.10. The molecular formula is C11H14N6O2. The minimum Gasteiger partial charge on any atom is -0.373 e. The van der Waals surface area contributed by atoms with Crippen LogP contribution in [0.25, 0.3) is 0 Å². The predicted molar refractivity (Wildman–Crippen MR) is 71.2 cm³/mol. The first-order chi connectivity index (χ1) is 9.19. The molecule has 0 saturated heterocycles. The van der Waals surface area contributed by atoms with Crippen LogP contribution in [-0.4, -0.2) is 33.1 Å². The maximum absolute atomic E-state index is 10.8. The van der Waals surface area contributed by atoms with Crippen molar-refractivity contribution in [3.05, 3.63) is 41.0 Å². The van der Waals surface area contributed by atoms with E-state index in [9.17, 15) is 10.1 Å². The van der Waals surface area contributed by atoms with Crippen molar-refractivity contribution < 1.29 is 4.92 Å². The van der Waals surface area contributed by atoms with Gasteiger partial charge in [0.05, 0.1) is 23.4 Å². The molecule has 19 heavy (non-hydrogen) atoms. The molecule has 0 bridgehead atoms. The second-order valence-electron chi connectivity index (χ2n) is 3.83. The van der Waals surface area contributed by atoms with Crippen LogP contribution in [-0.2, 0) is 6.54 Å². The summed E-state index contributed by atoms with van der Waals surface area (Å²) in [7, 11) is 1.67. The molecule has 0 aliphatic rings. The molecule has 2 aromatic rings. The number of nitrogens with one attached hydrogen (secondary N) is 2. The molecule has 2 N–H and O–H groups in total. The van der Waals surface area contributed by atoms with E-state index in [1.165, 1.54) is 12.1 Å². The van der Waals surface area contributed by atoms with Crippen molar-refractivity contribution in [1.29, 1.82) is 0 Å². The lowest BCUT2D eigenvalue weighted by atomic mass is 10.3. The van der Waals surface area contributed by atoms with Gasteiger partial charge in [0.2, 0.25) is 0 Å². The fourth-order valence-electron chi connectivity index (χ4n) is 1.57. The third-order valence-corrected chi connectivity index (χ3v) is 2.51. The van der Waals surface area contributed by atoms with Crippen molar-refractivity contribution in [2.75, 3.05) is 24.2 Å². The van der Waals surface area contributed by atoms with Gasteiger partial charge in [0.1, 0.15) is 11.6 Å². The molecule has 2 rings (SSSR count). The fourth-order valence-corrected chi connectivity index (χ4v) is 1.57. The molecule has 2 heterocycles. The van der Waals surface area contributed by atoms with Gasteiger partial charge < -0.3 is 15.2 Å². The third kappa shape index (κ3) is 3.41. The van der Waals surface area contributed by atoms with E-state index in [4.69, 9.17) is 0 Å². The van der Waals surface area contributed by atoms with Gasteiger partial charge in [-0.05, 0) is 0 Å². The fraction of sp³-hybridized carbons (Fsp3) is 0.273. The Morgan fingerprint density at radius 1 is 1.42 bits per heavy atom. The van der Waals surface area contributed by atoms with Crippen molar-refractivity contribution >= 4 is 17.3 Å². The zero-order chi connectivity index (χ0) is 13.7. The summed E-state index contributed by atoms with van der Waals surface area (Å²) in [5.74, 6) is 0.929. The van der Waals surface area contributed by atoms with Crippen LogP contribution in [0, 0.1) is 10.1 Å². The summed E-state index contributed by atoms with van der Waals surface area (Å²) in [4.78, 5) is 18.5. The van der Waals surface area contributed by atoms with Crippen LogP contribution >= 0.6 is 0 Å². The molecule has 0 unspecified atom stereocenters. The van der Waals surface area contributed by atoms with E-state index < -0.39 is 4.92 Å². The zero-order valence-electron chi connectivity index (χ0n) is 10.4. The Kier molecular flexibility index (Phi) is 3.91. The predicted octanol–water partition coefficient (Wildman–Crippen LogP) is 1.34. The maximum Gasteiger partial charge on any atom is 0.276 e. The van der Waals surface area contributed by atoms with E-state index in [1.807, 2.05) is 10.8 Å². The van der Waals surface area contributed by atoms with Crippen molar-refractivity contribution in [3.8, 4) is 0 Å². The van der Waals surface area contributed by atoms with Crippen LogP contribution in [0.1, 0.15) is 0 Å². The van der Waals surface area contributed by atoms with Crippen molar-refractivity contribution in [1.82, 2.24) is 14.5 Å². The number of imidazole rings is 1. The lowest BCUT2D eigenvalue weighted by molar-refractivity contribution is -0.384. The van der Waals surface area contributed by atoms with Crippen LogP contribution in [0.3, 0.4) is 0 Å². The average Bonchev–Trinajstić information content (AvgIpc) is 2.91. The average molecular weight is 262 g/mol. The van der Waals surface area contributed by atoms with E-state index in [1.54, 1.807) is 19.6 Å². The van der Waals surface area contributed by atoms with Gasteiger partial charge in [0, 0.05) is 32.5 Å². The summed E-state index contributed by atoms with van der Waals surface area (Å²) in [5, 5.41) is 16.6. The lowest BCUT2D eigenvalue weighted by Gasteiger charge is -2.08. The van der Waals surface area contributed by atoms with E-state index in [-0.39, 0.29) is 5.69 Å². The summed E-state index contributed by atoms with van der Waals surface area (Å²) < 4.78 is 1.91. The molecule has 0 aliphatic carbocycles. The quantitative estimate of drug-likeness (QED) is 0.602. The second kappa shape index (κ2) is 5.80. The van der Waals surface area contributed by atoms with Crippen molar-refractivity contribution in [2.45, 2.75) is 6.54 Å². The molecule has 0 saturated carbocycles. The Morgan fingerprint density at radius 3 is 2.84 bits per heavy atom. The Morgan fingerprint density at radius 2 is 2.21 bits per heavy atom. The second-order valence-corrected chi connectivity index (χ2v) is 3.83. The molecule has 8 nitrogen and oxygen atoms in total. The largest absolute Gasteiger partial charge is 0.373 e. The Labute approximate surface area is 109 Å². The molecule has 0 aromatic carbocycles. The maximum atomic E-state index is 10.8. The van der Waals surface area contributed by atoms with Gasteiger partial charge in [-0.2, -0.15) is 0 Å². The molecule has 0 fully saturated rings. The minimum absolute atomic E-state index is 0.00415. The monoisotopic (exact) mass is 262 g/mol. The van der Waals surface area contributed by atoms with Crippen LogP contribution in [0.4, 0.5) is 17.3 Å². The number of hydrogen-bond donors (Lipinski definition) is 2. The van der Waals surface area contributed by atoms with Crippen LogP contribution in [0.5, 0.6) is 0 Å². The van der Waals surface area contributed by atoms with Gasteiger partial charge in [-0.1, -0.05) is 0 Å². The Balaban J connectivity index is 2.02. The molecule has 0 atom stereocenters. The number of nitrogens with zero attached hydrogens (tertiary/aromatic N) is 4. The lowest BCUT2D eigenvalue weighted by Crippen LogP contribution is -2.11. The number of pyridine rings is 1. The van der Waals surface area contributed by atoms with Gasteiger partial charge in [0.15, 0.2) is 0 Å². The standard InChI is InChI=1S/C11H14N6O2/c1-12-10-6-9(17(18)19)7-11(15-10)14-3-5-16-4-2-13-8-16/h2,4,6-8H,3,5H2,1H3,(H2,12,14,15). The number of hydrogen-bond acceptors (Lipinski definition) is 6. The SMILES string of the molecule is CNc1cc([N+](=O)[O-])cc(NCCn2ccnc2)n1. The zero-order valence-corrected chi connectivity index (χ0v) is 10.4. The highest BCUT2D eigenvalue weighted by Crippen LogP contribution is 2.20. The molecule has 0 spiro atoms. The highest BCUT2D eigenvalue weighted by molar-refractivity contribution is 5.54. The summed E-state index contributed by atoms with van der Waals surface area (Å²) in [5.41, 5.74) is 0.00415. The van der Waals surface area contributed by atoms with E-state index >= 15 is 0 Å². The molecular weight excluding hydrogens is 248 g/mol. The van der Waals surface area contributed by atoms with Crippen LogP contribution in [0.2, 0.25) is 0 Å². The first-order valence-electron chi connectivity index (χ1n) is 5.73. The number of anilines is 2. The smallest absolute Gasteiger partial charge is 0.276 e. The third-order valence-electron chi connectivity index (χ3n) is 2.51. The van der Waals surface area contributed by atoms with Crippen LogP contribution < -0.4 is 10.6 Å². The summed E-state index contributed by atoms with van der Waals surface area (Å²) in [6, 6.07) is 2.80. The first kappa shape index (κ1) is 12.8. The van der Waals surface area contributed by atoms with Gasteiger partial charge in [-0.3, -0.25) is 10.1 Å². The molecule has 0 amide bonds. The highest BCUT2D eigenvalue weighted by atomic mass is 16.6. The van der Waals surface area contributed by atoms with E-state index in [0.717, 1.165) is 0 Å². The number of aromatic nitrogens is 3. The first-order valence-corrected chi connectivity index (χ1v) is 5.73. The minimum atomic E-state index is -0.441. The van der Waals surface area contributed by atoms with Gasteiger partial charge >= 0.3 is 0 Å². The van der Waals surface area contributed by atoms with E-state index in [2.05, 4.69) is 20.6 Å². The van der Waals surface area contributed by atoms with Crippen molar-refractivity contribution in [3.63, 3.8) is 0 Å². The van der Waals surface area contributed by atoms with Gasteiger partial charge in [0.25, 0.3) is 5.69 Å². The normalized spacial score (nSPS) is 10.2. The topological polar surface area (TPSA) is 97.9 Å². The summed E-state index contributed by atoms with van der Waals surface area (Å²) >= 11 is 0. The number of rotatable bonds is 6. The van der Waals surface area contributed by atoms with Gasteiger partial charge in [-0.15, -0.1) is 0 Å². The van der Waals surface area contributed by atoms with Crippen molar-refractivity contribution in [2.24, 2.45) is 0 Å². The van der Waals surface area contributed by atoms with Crippen LogP contribution in [0.15, 0.2) is 30.9 Å². The Hall–Kier alpha value is -2.64. The van der Waals surface area contributed by atoms with Gasteiger partial charge in [-0.25, -0.2) is 9.97 Å². The van der Waals surface area contributed by atoms with E-state index in [0.29, 0.717) is 24.7 Å². The summed E-state index contributed by atoms with van der Waals surface area (Å²) in [6.45, 7) is 1.31. The molecule has 100 valence electrons. The molecule has 8 heteroatoms. The molecule has 0 aliphatic heterocycles. The Bertz CT molecular complexity index is 554. The number of nitro groups is 1.